The molecule has 2 rings (SSSR count). The van der Waals surface area contributed by atoms with E-state index in [9.17, 15) is 14.7 Å². The lowest BCUT2D eigenvalue weighted by atomic mass is 9.72. The van der Waals surface area contributed by atoms with E-state index in [1.54, 1.807) is 6.92 Å². The summed E-state index contributed by atoms with van der Waals surface area (Å²) in [5.41, 5.74) is 4.84. The van der Waals surface area contributed by atoms with E-state index < -0.39 is 11.4 Å². The molecular weight excluding hydrogens is 256 g/mol. The van der Waals surface area contributed by atoms with Crippen LogP contribution in [-0.2, 0) is 9.59 Å². The fourth-order valence-electron chi connectivity index (χ4n) is 3.49. The van der Waals surface area contributed by atoms with Crippen LogP contribution in [0.25, 0.3) is 0 Å². The van der Waals surface area contributed by atoms with Crippen molar-refractivity contribution in [3.8, 4) is 0 Å². The topological polar surface area (TPSA) is 83.6 Å². The van der Waals surface area contributed by atoms with Gasteiger partial charge in [-0.3, -0.25) is 9.59 Å². The molecule has 0 radical (unpaired) electrons. The van der Waals surface area contributed by atoms with Crippen molar-refractivity contribution in [2.24, 2.45) is 16.6 Å². The van der Waals surface area contributed by atoms with Gasteiger partial charge in [0.1, 0.15) is 0 Å². The summed E-state index contributed by atoms with van der Waals surface area (Å²) in [6.07, 6.45) is 6.17. The highest BCUT2D eigenvalue weighted by Crippen LogP contribution is 2.39. The highest BCUT2D eigenvalue weighted by molar-refractivity contribution is 5.83. The molecule has 5 heteroatoms. The fourth-order valence-corrected chi connectivity index (χ4v) is 3.49. The van der Waals surface area contributed by atoms with Crippen molar-refractivity contribution in [3.05, 3.63) is 0 Å². The van der Waals surface area contributed by atoms with Crippen molar-refractivity contribution in [3.63, 3.8) is 0 Å². The van der Waals surface area contributed by atoms with Gasteiger partial charge < -0.3 is 15.7 Å². The lowest BCUT2D eigenvalue weighted by Gasteiger charge is -2.43. The van der Waals surface area contributed by atoms with Crippen LogP contribution in [0.3, 0.4) is 0 Å². The molecule has 1 aliphatic heterocycles. The van der Waals surface area contributed by atoms with Crippen LogP contribution >= 0.6 is 0 Å². The van der Waals surface area contributed by atoms with Crippen LogP contribution < -0.4 is 5.73 Å². The molecular formula is C15H26N2O3. The molecule has 0 spiro atoms. The quantitative estimate of drug-likeness (QED) is 0.823. The van der Waals surface area contributed by atoms with Crippen LogP contribution in [0.5, 0.6) is 0 Å². The van der Waals surface area contributed by atoms with Crippen LogP contribution in [0.4, 0.5) is 0 Å². The number of carbonyl (C=O) groups is 2. The number of nitrogens with zero attached hydrogens (tertiary/aromatic N) is 1. The maximum absolute atomic E-state index is 12.8. The normalized spacial score (nSPS) is 25.2. The summed E-state index contributed by atoms with van der Waals surface area (Å²) in [6, 6.07) is 0. The Morgan fingerprint density at radius 2 is 1.65 bits per heavy atom. The summed E-state index contributed by atoms with van der Waals surface area (Å²) < 4.78 is 0. The summed E-state index contributed by atoms with van der Waals surface area (Å²) in [5.74, 6) is -0.594. The summed E-state index contributed by atoms with van der Waals surface area (Å²) in [6.45, 7) is 3.28. The molecule has 1 saturated carbocycles. The molecule has 0 aromatic heterocycles. The zero-order valence-electron chi connectivity index (χ0n) is 12.4. The van der Waals surface area contributed by atoms with E-state index in [1.165, 1.54) is 6.42 Å². The molecule has 0 unspecified atom stereocenters. The first-order valence-corrected chi connectivity index (χ1v) is 7.66. The number of hydrogen-bond donors (Lipinski definition) is 2. The third-order valence-corrected chi connectivity index (χ3v) is 5.33. The van der Waals surface area contributed by atoms with Crippen LogP contribution in [0.1, 0.15) is 51.9 Å². The average molecular weight is 282 g/mol. The van der Waals surface area contributed by atoms with Crippen LogP contribution in [0.2, 0.25) is 0 Å². The summed E-state index contributed by atoms with van der Waals surface area (Å²) >= 11 is 0. The van der Waals surface area contributed by atoms with E-state index in [-0.39, 0.29) is 11.3 Å². The molecule has 1 amide bonds. The van der Waals surface area contributed by atoms with Crippen LogP contribution in [-0.4, -0.2) is 41.5 Å². The first-order valence-electron chi connectivity index (χ1n) is 7.66. The van der Waals surface area contributed by atoms with Gasteiger partial charge in [-0.25, -0.2) is 0 Å². The Morgan fingerprint density at radius 3 is 2.10 bits per heavy atom. The van der Waals surface area contributed by atoms with Gasteiger partial charge in [-0.2, -0.15) is 0 Å². The molecule has 5 nitrogen and oxygen atoms in total. The second-order valence-corrected chi connectivity index (χ2v) is 6.70. The SMILES string of the molecule is CC1(C(=O)O)CCN(C(=O)C2(CN)CCCCC2)CC1. The predicted molar refractivity (Wildman–Crippen MR) is 76.1 cm³/mol. The van der Waals surface area contributed by atoms with Gasteiger partial charge in [0.25, 0.3) is 0 Å². The van der Waals surface area contributed by atoms with Gasteiger partial charge in [-0.05, 0) is 32.6 Å². The lowest BCUT2D eigenvalue weighted by Crippen LogP contribution is -2.53. The van der Waals surface area contributed by atoms with Gasteiger partial charge in [0.2, 0.25) is 5.91 Å². The van der Waals surface area contributed by atoms with Crippen molar-refractivity contribution in [2.45, 2.75) is 51.9 Å². The van der Waals surface area contributed by atoms with Gasteiger partial charge >= 0.3 is 5.97 Å². The van der Waals surface area contributed by atoms with Gasteiger partial charge in [-0.15, -0.1) is 0 Å². The Hall–Kier alpha value is -1.10. The predicted octanol–water partition coefficient (Wildman–Crippen LogP) is 1.61. The number of carboxylic acids is 1. The van der Waals surface area contributed by atoms with Gasteiger partial charge in [0.05, 0.1) is 10.8 Å². The molecule has 3 N–H and O–H groups in total. The number of carbonyl (C=O) groups excluding carboxylic acids is 1. The van der Waals surface area contributed by atoms with Crippen molar-refractivity contribution >= 4 is 11.9 Å². The third-order valence-electron chi connectivity index (χ3n) is 5.33. The number of hydrogen-bond acceptors (Lipinski definition) is 3. The molecule has 1 saturated heterocycles. The number of rotatable bonds is 3. The number of nitrogens with two attached hydrogens (primary N) is 1. The van der Waals surface area contributed by atoms with Crippen molar-refractivity contribution in [1.29, 1.82) is 0 Å². The highest BCUT2D eigenvalue weighted by atomic mass is 16.4. The van der Waals surface area contributed by atoms with Gasteiger partial charge in [-0.1, -0.05) is 19.3 Å². The maximum atomic E-state index is 12.8. The van der Waals surface area contributed by atoms with E-state index in [0.29, 0.717) is 32.5 Å². The molecule has 114 valence electrons. The first kappa shape index (κ1) is 15.3. The zero-order chi connectivity index (χ0) is 14.8. The monoisotopic (exact) mass is 282 g/mol. The maximum Gasteiger partial charge on any atom is 0.309 e. The van der Waals surface area contributed by atoms with Gasteiger partial charge in [0.15, 0.2) is 0 Å². The van der Waals surface area contributed by atoms with E-state index >= 15 is 0 Å². The molecule has 2 aliphatic rings. The molecule has 0 aromatic rings. The van der Waals surface area contributed by atoms with Crippen molar-refractivity contribution < 1.29 is 14.7 Å². The molecule has 0 atom stereocenters. The third kappa shape index (κ3) is 2.68. The average Bonchev–Trinajstić information content (AvgIpc) is 2.48. The number of amides is 1. The Kier molecular flexibility index (Phi) is 4.37. The van der Waals surface area contributed by atoms with E-state index in [2.05, 4.69) is 0 Å². The number of carboxylic acid groups (broad SMARTS) is 1. The number of likely N-dealkylation sites (tertiary alicyclic amines) is 1. The first-order chi connectivity index (χ1) is 9.43. The van der Waals surface area contributed by atoms with Crippen LogP contribution in [0.15, 0.2) is 0 Å². The van der Waals surface area contributed by atoms with E-state index in [4.69, 9.17) is 5.73 Å². The standard InChI is InChI=1S/C15H26N2O3/c1-14(13(19)20)7-9-17(10-8-14)12(18)15(11-16)5-3-2-4-6-15/h2-11,16H2,1H3,(H,19,20). The molecule has 2 fully saturated rings. The molecule has 0 bridgehead atoms. The molecule has 1 heterocycles. The Bertz CT molecular complexity index is 381. The summed E-state index contributed by atoms with van der Waals surface area (Å²) in [7, 11) is 0. The van der Waals surface area contributed by atoms with Gasteiger partial charge in [0, 0.05) is 19.6 Å². The second-order valence-electron chi connectivity index (χ2n) is 6.70. The van der Waals surface area contributed by atoms with E-state index in [1.807, 2.05) is 4.90 Å². The van der Waals surface area contributed by atoms with Crippen molar-refractivity contribution in [2.75, 3.05) is 19.6 Å². The zero-order valence-corrected chi connectivity index (χ0v) is 12.4. The molecule has 1 aliphatic carbocycles. The highest BCUT2D eigenvalue weighted by Gasteiger charge is 2.44. The minimum absolute atomic E-state index is 0.159. The molecule has 20 heavy (non-hydrogen) atoms. The largest absolute Gasteiger partial charge is 0.481 e. The number of aliphatic carboxylic acids is 1. The Labute approximate surface area is 120 Å². The minimum atomic E-state index is -0.754. The Balaban J connectivity index is 2.02. The Morgan fingerprint density at radius 1 is 1.10 bits per heavy atom. The fraction of sp³-hybridized carbons (Fsp3) is 0.867. The number of piperidine rings is 1. The minimum Gasteiger partial charge on any atom is -0.481 e. The molecule has 0 aromatic carbocycles. The summed E-state index contributed by atoms with van der Waals surface area (Å²) in [5, 5.41) is 9.24. The van der Waals surface area contributed by atoms with E-state index in [0.717, 1.165) is 25.7 Å². The lowest BCUT2D eigenvalue weighted by molar-refractivity contribution is -0.156. The van der Waals surface area contributed by atoms with Crippen molar-refractivity contribution in [1.82, 2.24) is 4.90 Å². The van der Waals surface area contributed by atoms with Crippen LogP contribution in [0, 0.1) is 10.8 Å². The smallest absolute Gasteiger partial charge is 0.309 e. The second kappa shape index (κ2) is 5.72. The summed E-state index contributed by atoms with van der Waals surface area (Å²) in [4.78, 5) is 25.9.